The van der Waals surface area contributed by atoms with Gasteiger partial charge in [-0.15, -0.1) is 0 Å². The molecule has 32 heavy (non-hydrogen) atoms. The summed E-state index contributed by atoms with van der Waals surface area (Å²) < 4.78 is 5.88. The molecule has 0 aromatic heterocycles. The van der Waals surface area contributed by atoms with Gasteiger partial charge in [-0.3, -0.25) is 0 Å². The van der Waals surface area contributed by atoms with Crippen molar-refractivity contribution in [2.45, 2.75) is 33.6 Å². The Bertz CT molecular complexity index is 1430. The van der Waals surface area contributed by atoms with Crippen LogP contribution in [0, 0.1) is 0 Å². The van der Waals surface area contributed by atoms with Crippen molar-refractivity contribution in [1.29, 1.82) is 0 Å². The fourth-order valence-corrected chi connectivity index (χ4v) is 5.31. The summed E-state index contributed by atoms with van der Waals surface area (Å²) in [5.74, 6) is 1.28. The van der Waals surface area contributed by atoms with Crippen LogP contribution < -0.4 is 4.74 Å². The number of benzene rings is 4. The average Bonchev–Trinajstić information content (AvgIpc) is 2.99. The molecule has 0 amide bonds. The molecule has 0 radical (unpaired) electrons. The lowest BCUT2D eigenvalue weighted by Gasteiger charge is -2.24. The van der Waals surface area contributed by atoms with Gasteiger partial charge in [0.2, 0.25) is 0 Å². The Hall–Kier alpha value is -3.52. The standard InChI is InChI=1S/C30H28O2/c1-17-18(2)20(4)28(19(17)3)30-24(11-8-12-27(30)32-5)29-25-16-22-10-7-6-9-21(22)15-23(25)13-14-26(29)31/h6-16,28,31H,1-5H3. The van der Waals surface area contributed by atoms with Crippen molar-refractivity contribution in [2.75, 3.05) is 7.11 Å². The average molecular weight is 421 g/mol. The lowest BCUT2D eigenvalue weighted by atomic mass is 9.82. The highest BCUT2D eigenvalue weighted by Gasteiger charge is 2.31. The van der Waals surface area contributed by atoms with Crippen molar-refractivity contribution < 1.29 is 9.84 Å². The van der Waals surface area contributed by atoms with Crippen LogP contribution in [0.5, 0.6) is 11.5 Å². The van der Waals surface area contributed by atoms with Crippen LogP contribution in [-0.2, 0) is 0 Å². The van der Waals surface area contributed by atoms with E-state index in [4.69, 9.17) is 4.74 Å². The third kappa shape index (κ3) is 2.94. The van der Waals surface area contributed by atoms with E-state index in [2.05, 4.69) is 70.2 Å². The molecular formula is C30H28O2. The molecule has 0 unspecified atom stereocenters. The van der Waals surface area contributed by atoms with Crippen LogP contribution in [0.3, 0.4) is 0 Å². The summed E-state index contributed by atoms with van der Waals surface area (Å²) in [7, 11) is 1.73. The zero-order chi connectivity index (χ0) is 22.6. The van der Waals surface area contributed by atoms with Gasteiger partial charge in [0.15, 0.2) is 0 Å². The second-order valence-electron chi connectivity index (χ2n) is 8.85. The maximum Gasteiger partial charge on any atom is 0.124 e. The minimum absolute atomic E-state index is 0.135. The monoisotopic (exact) mass is 420 g/mol. The largest absolute Gasteiger partial charge is 0.507 e. The molecule has 0 fully saturated rings. The minimum atomic E-state index is 0.135. The molecule has 0 bridgehead atoms. The maximum absolute atomic E-state index is 11.1. The number of hydrogen-bond acceptors (Lipinski definition) is 2. The van der Waals surface area contributed by atoms with Crippen molar-refractivity contribution in [3.63, 3.8) is 0 Å². The van der Waals surface area contributed by atoms with Crippen molar-refractivity contribution in [2.24, 2.45) is 0 Å². The summed E-state index contributed by atoms with van der Waals surface area (Å²) >= 11 is 0. The van der Waals surface area contributed by atoms with E-state index < -0.39 is 0 Å². The smallest absolute Gasteiger partial charge is 0.124 e. The SMILES string of the molecule is COc1cccc(-c2c(O)ccc3cc4ccccc4cc23)c1C1C(C)=C(C)C(C)=C1C. The first-order chi connectivity index (χ1) is 15.4. The Kier molecular flexibility index (Phi) is 4.82. The number of ether oxygens (including phenoxy) is 1. The van der Waals surface area contributed by atoms with Crippen LogP contribution in [-0.4, -0.2) is 12.2 Å². The van der Waals surface area contributed by atoms with Crippen molar-refractivity contribution >= 4 is 21.5 Å². The van der Waals surface area contributed by atoms with E-state index >= 15 is 0 Å². The van der Waals surface area contributed by atoms with Gasteiger partial charge in [0.25, 0.3) is 0 Å². The molecule has 0 atom stereocenters. The van der Waals surface area contributed by atoms with Gasteiger partial charge in [0, 0.05) is 17.0 Å². The molecule has 1 aliphatic rings. The normalized spacial score (nSPS) is 14.8. The second-order valence-corrected chi connectivity index (χ2v) is 8.85. The van der Waals surface area contributed by atoms with Crippen LogP contribution in [0.2, 0.25) is 0 Å². The zero-order valence-corrected chi connectivity index (χ0v) is 19.3. The fourth-order valence-electron chi connectivity index (χ4n) is 5.31. The van der Waals surface area contributed by atoms with E-state index in [1.165, 1.54) is 27.7 Å². The predicted molar refractivity (Wildman–Crippen MR) is 135 cm³/mol. The van der Waals surface area contributed by atoms with Gasteiger partial charge in [-0.1, -0.05) is 53.6 Å². The molecule has 0 saturated heterocycles. The van der Waals surface area contributed by atoms with Crippen LogP contribution in [0.4, 0.5) is 0 Å². The van der Waals surface area contributed by atoms with E-state index in [9.17, 15) is 5.11 Å². The quantitative estimate of drug-likeness (QED) is 0.339. The van der Waals surface area contributed by atoms with Crippen molar-refractivity contribution in [3.05, 3.63) is 94.6 Å². The van der Waals surface area contributed by atoms with Crippen LogP contribution in [0.15, 0.2) is 89.0 Å². The van der Waals surface area contributed by atoms with Gasteiger partial charge < -0.3 is 9.84 Å². The van der Waals surface area contributed by atoms with E-state index in [-0.39, 0.29) is 11.7 Å². The lowest BCUT2D eigenvalue weighted by molar-refractivity contribution is 0.409. The first kappa shape index (κ1) is 20.4. The number of methoxy groups -OCH3 is 1. The third-order valence-corrected chi connectivity index (χ3v) is 7.32. The molecule has 0 heterocycles. The Morgan fingerprint density at radius 2 is 1.38 bits per heavy atom. The number of hydrogen-bond donors (Lipinski definition) is 1. The van der Waals surface area contributed by atoms with Crippen molar-refractivity contribution in [3.8, 4) is 22.6 Å². The van der Waals surface area contributed by atoms with Gasteiger partial charge in [-0.05, 0) is 90.2 Å². The number of fused-ring (bicyclic) bond motifs is 2. The molecule has 0 aliphatic heterocycles. The van der Waals surface area contributed by atoms with Crippen molar-refractivity contribution in [1.82, 2.24) is 0 Å². The molecule has 1 aliphatic carbocycles. The zero-order valence-electron chi connectivity index (χ0n) is 19.3. The summed E-state index contributed by atoms with van der Waals surface area (Å²) in [6, 6.07) is 22.7. The Morgan fingerprint density at radius 1 is 0.719 bits per heavy atom. The van der Waals surface area contributed by atoms with Gasteiger partial charge >= 0.3 is 0 Å². The first-order valence-corrected chi connectivity index (χ1v) is 11.1. The number of aromatic hydroxyl groups is 1. The van der Waals surface area contributed by atoms with E-state index in [1.54, 1.807) is 7.11 Å². The van der Waals surface area contributed by atoms with E-state index in [0.717, 1.165) is 38.6 Å². The number of phenolic OH excluding ortho intramolecular Hbond substituents is 1. The van der Waals surface area contributed by atoms with Crippen LogP contribution in [0.1, 0.15) is 39.2 Å². The molecular weight excluding hydrogens is 392 g/mol. The first-order valence-electron chi connectivity index (χ1n) is 11.1. The predicted octanol–water partition coefficient (Wildman–Crippen LogP) is 8.14. The summed E-state index contributed by atoms with van der Waals surface area (Å²) in [6.07, 6.45) is 0. The molecule has 160 valence electrons. The molecule has 4 aromatic carbocycles. The molecule has 2 nitrogen and oxygen atoms in total. The van der Waals surface area contributed by atoms with Gasteiger partial charge in [0.1, 0.15) is 11.5 Å². The maximum atomic E-state index is 11.1. The highest BCUT2D eigenvalue weighted by molar-refractivity contribution is 6.07. The van der Waals surface area contributed by atoms with Gasteiger partial charge in [0.05, 0.1) is 7.11 Å². The van der Waals surface area contributed by atoms with E-state index in [1.807, 2.05) is 24.3 Å². The highest BCUT2D eigenvalue weighted by atomic mass is 16.5. The molecule has 0 saturated carbocycles. The molecule has 5 rings (SSSR count). The topological polar surface area (TPSA) is 29.5 Å². The van der Waals surface area contributed by atoms with Gasteiger partial charge in [-0.25, -0.2) is 0 Å². The fraction of sp³-hybridized carbons (Fsp3) is 0.200. The summed E-state index contributed by atoms with van der Waals surface area (Å²) in [6.45, 7) is 8.83. The molecule has 0 spiro atoms. The van der Waals surface area contributed by atoms with Crippen LogP contribution in [0.25, 0.3) is 32.7 Å². The summed E-state index contributed by atoms with van der Waals surface area (Å²) in [5, 5.41) is 15.7. The number of rotatable bonds is 3. The lowest BCUT2D eigenvalue weighted by Crippen LogP contribution is -2.05. The van der Waals surface area contributed by atoms with Gasteiger partial charge in [-0.2, -0.15) is 0 Å². The molecule has 2 heteroatoms. The summed E-state index contributed by atoms with van der Waals surface area (Å²) in [5.41, 5.74) is 8.39. The third-order valence-electron chi connectivity index (χ3n) is 7.32. The second kappa shape index (κ2) is 7.56. The number of allylic oxidation sites excluding steroid dienone is 4. The Morgan fingerprint density at radius 3 is 2.03 bits per heavy atom. The minimum Gasteiger partial charge on any atom is -0.507 e. The van der Waals surface area contributed by atoms with Crippen LogP contribution >= 0.6 is 0 Å². The molecule has 4 aromatic rings. The molecule has 1 N–H and O–H groups in total. The Labute approximate surface area is 189 Å². The Balaban J connectivity index is 1.88. The summed E-state index contributed by atoms with van der Waals surface area (Å²) in [4.78, 5) is 0. The van der Waals surface area contributed by atoms with E-state index in [0.29, 0.717) is 0 Å². The number of phenols is 1. The highest BCUT2D eigenvalue weighted by Crippen LogP contribution is 2.51.